The molecule has 3 nitrogen and oxygen atoms in total. The Bertz CT molecular complexity index is 370. The molecule has 0 bridgehead atoms. The van der Waals surface area contributed by atoms with Crippen molar-refractivity contribution in [1.82, 2.24) is 5.32 Å². The van der Waals surface area contributed by atoms with Crippen LogP contribution in [0.15, 0.2) is 18.2 Å². The van der Waals surface area contributed by atoms with E-state index in [2.05, 4.69) is 30.6 Å². The molecule has 1 atom stereocenters. The van der Waals surface area contributed by atoms with E-state index in [0.717, 1.165) is 30.2 Å². The first-order valence-electron chi connectivity index (χ1n) is 5.97. The molecule has 0 spiro atoms. The first-order valence-corrected chi connectivity index (χ1v) is 7.36. The lowest BCUT2D eigenvalue weighted by atomic mass is 10.1. The van der Waals surface area contributed by atoms with E-state index in [4.69, 9.17) is 9.47 Å². The Morgan fingerprint density at radius 1 is 1.35 bits per heavy atom. The molecule has 0 amide bonds. The Kier molecular flexibility index (Phi) is 4.57. The van der Waals surface area contributed by atoms with E-state index in [-0.39, 0.29) is 0 Å². The third kappa shape index (κ3) is 3.07. The fourth-order valence-corrected chi connectivity index (χ4v) is 2.53. The van der Waals surface area contributed by atoms with E-state index in [9.17, 15) is 0 Å². The molecular formula is C13H19NO2S. The second-order valence-electron chi connectivity index (χ2n) is 4.07. The second kappa shape index (κ2) is 6.17. The Labute approximate surface area is 107 Å². The van der Waals surface area contributed by atoms with Gasteiger partial charge in [-0.1, -0.05) is 13.0 Å². The van der Waals surface area contributed by atoms with Gasteiger partial charge in [-0.2, -0.15) is 11.8 Å². The normalized spacial score (nSPS) is 14.9. The molecule has 1 aromatic rings. The van der Waals surface area contributed by atoms with Crippen LogP contribution in [0.5, 0.6) is 11.5 Å². The van der Waals surface area contributed by atoms with E-state index in [1.54, 1.807) is 0 Å². The molecule has 0 aromatic heterocycles. The van der Waals surface area contributed by atoms with Crippen LogP contribution in [0.3, 0.4) is 0 Å². The maximum Gasteiger partial charge on any atom is 0.231 e. The van der Waals surface area contributed by atoms with Gasteiger partial charge in [0.15, 0.2) is 11.5 Å². The zero-order valence-electron chi connectivity index (χ0n) is 10.4. The van der Waals surface area contributed by atoms with Crippen LogP contribution in [0.1, 0.15) is 24.9 Å². The standard InChI is InChI=1S/C13H19NO2S/c1-3-6-14-11(8-17-2)10-4-5-12-13(7-10)16-9-15-12/h4-5,7,11,14H,3,6,8-9H2,1-2H3. The van der Waals surface area contributed by atoms with E-state index >= 15 is 0 Å². The topological polar surface area (TPSA) is 30.5 Å². The molecular weight excluding hydrogens is 234 g/mol. The molecule has 94 valence electrons. The Morgan fingerprint density at radius 2 is 2.18 bits per heavy atom. The Hall–Kier alpha value is -0.870. The summed E-state index contributed by atoms with van der Waals surface area (Å²) in [5.74, 6) is 2.79. The van der Waals surface area contributed by atoms with Crippen LogP contribution >= 0.6 is 11.8 Å². The molecule has 0 fully saturated rings. The van der Waals surface area contributed by atoms with E-state index in [1.165, 1.54) is 5.56 Å². The minimum absolute atomic E-state index is 0.342. The molecule has 1 unspecified atom stereocenters. The van der Waals surface area contributed by atoms with Crippen molar-refractivity contribution in [3.8, 4) is 11.5 Å². The highest BCUT2D eigenvalue weighted by Crippen LogP contribution is 2.34. The van der Waals surface area contributed by atoms with Gasteiger partial charge in [0.2, 0.25) is 6.79 Å². The SMILES string of the molecule is CCCNC(CSC)c1ccc2c(c1)OCO2. The number of rotatable bonds is 6. The van der Waals surface area contributed by atoms with Gasteiger partial charge in [0.25, 0.3) is 0 Å². The van der Waals surface area contributed by atoms with Crippen molar-refractivity contribution in [3.63, 3.8) is 0 Å². The minimum atomic E-state index is 0.342. The van der Waals surface area contributed by atoms with E-state index in [1.807, 2.05) is 17.8 Å². The number of thioether (sulfide) groups is 1. The summed E-state index contributed by atoms with van der Waals surface area (Å²) in [6, 6.07) is 6.60. The molecule has 1 N–H and O–H groups in total. The molecule has 1 aliphatic rings. The van der Waals surface area contributed by atoms with Crippen molar-refractivity contribution in [2.75, 3.05) is 25.3 Å². The number of hydrogen-bond acceptors (Lipinski definition) is 4. The molecule has 2 rings (SSSR count). The van der Waals surface area contributed by atoms with Gasteiger partial charge >= 0.3 is 0 Å². The zero-order chi connectivity index (χ0) is 12.1. The third-order valence-corrected chi connectivity index (χ3v) is 3.44. The molecule has 1 aromatic carbocycles. The van der Waals surface area contributed by atoms with Crippen LogP contribution in [0, 0.1) is 0 Å². The average molecular weight is 253 g/mol. The molecule has 4 heteroatoms. The van der Waals surface area contributed by atoms with E-state index in [0.29, 0.717) is 12.8 Å². The fourth-order valence-electron chi connectivity index (χ4n) is 1.89. The van der Waals surface area contributed by atoms with Gasteiger partial charge < -0.3 is 14.8 Å². The summed E-state index contributed by atoms with van der Waals surface area (Å²) in [6.45, 7) is 3.57. The predicted octanol–water partition coefficient (Wildman–Crippen LogP) is 2.82. The number of benzene rings is 1. The molecule has 1 heterocycles. The van der Waals surface area contributed by atoms with Crippen molar-refractivity contribution in [2.45, 2.75) is 19.4 Å². The highest BCUT2D eigenvalue weighted by molar-refractivity contribution is 7.98. The highest BCUT2D eigenvalue weighted by Gasteiger charge is 2.17. The van der Waals surface area contributed by atoms with Crippen molar-refractivity contribution in [1.29, 1.82) is 0 Å². The van der Waals surface area contributed by atoms with Gasteiger partial charge in [0, 0.05) is 11.8 Å². The molecule has 17 heavy (non-hydrogen) atoms. The van der Waals surface area contributed by atoms with Crippen LogP contribution in [0.4, 0.5) is 0 Å². The summed E-state index contributed by atoms with van der Waals surface area (Å²) in [7, 11) is 0. The third-order valence-electron chi connectivity index (χ3n) is 2.77. The maximum atomic E-state index is 5.42. The monoisotopic (exact) mass is 253 g/mol. The predicted molar refractivity (Wildman–Crippen MR) is 72.0 cm³/mol. The van der Waals surface area contributed by atoms with Crippen molar-refractivity contribution in [3.05, 3.63) is 23.8 Å². The average Bonchev–Trinajstić information content (AvgIpc) is 2.81. The number of ether oxygens (including phenoxy) is 2. The summed E-state index contributed by atoms with van der Waals surface area (Å²) in [6.07, 6.45) is 3.28. The summed E-state index contributed by atoms with van der Waals surface area (Å²) >= 11 is 1.85. The molecule has 0 radical (unpaired) electrons. The molecule has 1 aliphatic heterocycles. The summed E-state index contributed by atoms with van der Waals surface area (Å²) in [5.41, 5.74) is 1.28. The quantitative estimate of drug-likeness (QED) is 0.844. The van der Waals surface area contributed by atoms with Crippen molar-refractivity contribution in [2.24, 2.45) is 0 Å². The van der Waals surface area contributed by atoms with E-state index < -0.39 is 0 Å². The van der Waals surface area contributed by atoms with Gasteiger partial charge in [-0.05, 0) is 36.9 Å². The first-order chi connectivity index (χ1) is 8.35. The van der Waals surface area contributed by atoms with Crippen molar-refractivity contribution >= 4 is 11.8 Å². The van der Waals surface area contributed by atoms with Gasteiger partial charge in [-0.25, -0.2) is 0 Å². The lowest BCUT2D eigenvalue weighted by Gasteiger charge is -2.18. The molecule has 0 saturated carbocycles. The molecule has 0 aliphatic carbocycles. The van der Waals surface area contributed by atoms with Crippen LogP contribution in [0.25, 0.3) is 0 Å². The smallest absolute Gasteiger partial charge is 0.231 e. The number of hydrogen-bond donors (Lipinski definition) is 1. The fraction of sp³-hybridized carbons (Fsp3) is 0.538. The highest BCUT2D eigenvalue weighted by atomic mass is 32.2. The van der Waals surface area contributed by atoms with Crippen LogP contribution < -0.4 is 14.8 Å². The number of fused-ring (bicyclic) bond motifs is 1. The largest absolute Gasteiger partial charge is 0.454 e. The first kappa shape index (κ1) is 12.6. The summed E-state index contributed by atoms with van der Waals surface area (Å²) in [5, 5.41) is 3.56. The van der Waals surface area contributed by atoms with Gasteiger partial charge in [-0.3, -0.25) is 0 Å². The van der Waals surface area contributed by atoms with Gasteiger partial charge in [-0.15, -0.1) is 0 Å². The van der Waals surface area contributed by atoms with Gasteiger partial charge in [0.1, 0.15) is 0 Å². The zero-order valence-corrected chi connectivity index (χ0v) is 11.2. The van der Waals surface area contributed by atoms with Gasteiger partial charge in [0.05, 0.1) is 0 Å². The van der Waals surface area contributed by atoms with Crippen molar-refractivity contribution < 1.29 is 9.47 Å². The maximum absolute atomic E-state index is 5.42. The second-order valence-corrected chi connectivity index (χ2v) is 4.99. The molecule has 0 saturated heterocycles. The van der Waals surface area contributed by atoms with Crippen LogP contribution in [-0.2, 0) is 0 Å². The van der Waals surface area contributed by atoms with Crippen LogP contribution in [-0.4, -0.2) is 25.3 Å². The number of nitrogens with one attached hydrogen (secondary N) is 1. The summed E-state index contributed by atoms with van der Waals surface area (Å²) < 4.78 is 10.7. The Balaban J connectivity index is 2.11. The minimum Gasteiger partial charge on any atom is -0.454 e. The Morgan fingerprint density at radius 3 is 2.94 bits per heavy atom. The lowest BCUT2D eigenvalue weighted by molar-refractivity contribution is 0.174. The van der Waals surface area contributed by atoms with Crippen LogP contribution in [0.2, 0.25) is 0 Å². The summed E-state index contributed by atoms with van der Waals surface area (Å²) in [4.78, 5) is 0. The lowest BCUT2D eigenvalue weighted by Crippen LogP contribution is -2.24.